The monoisotopic (exact) mass is 330 g/mol. The summed E-state index contributed by atoms with van der Waals surface area (Å²) in [6.45, 7) is 5.05. The summed E-state index contributed by atoms with van der Waals surface area (Å²) in [4.78, 5) is 13.2. The lowest BCUT2D eigenvalue weighted by Crippen LogP contribution is -2.27. The van der Waals surface area contributed by atoms with E-state index in [2.05, 4.69) is 15.5 Å². The Morgan fingerprint density at radius 1 is 1.39 bits per heavy atom. The number of methoxy groups -OCH3 is 1. The van der Waals surface area contributed by atoms with Gasteiger partial charge in [0.05, 0.1) is 12.0 Å². The number of amides is 1. The number of fused-ring (bicyclic) bond motifs is 1. The van der Waals surface area contributed by atoms with Crippen molar-refractivity contribution in [2.75, 3.05) is 13.7 Å². The van der Waals surface area contributed by atoms with Crippen molar-refractivity contribution >= 4 is 27.3 Å². The van der Waals surface area contributed by atoms with Crippen LogP contribution in [0.15, 0.2) is 24.5 Å². The van der Waals surface area contributed by atoms with Crippen LogP contribution < -0.4 is 10.1 Å². The predicted octanol–water partition coefficient (Wildman–Crippen LogP) is 2.55. The number of benzene rings is 1. The van der Waals surface area contributed by atoms with E-state index in [-0.39, 0.29) is 5.91 Å². The Morgan fingerprint density at radius 2 is 2.22 bits per heavy atom. The highest BCUT2D eigenvalue weighted by molar-refractivity contribution is 7.21. The molecule has 2 aromatic heterocycles. The minimum absolute atomic E-state index is 0.0478. The second kappa shape index (κ2) is 6.37. The summed E-state index contributed by atoms with van der Waals surface area (Å²) in [5, 5.41) is 11.8. The summed E-state index contributed by atoms with van der Waals surface area (Å²) in [6.07, 6.45) is 1.67. The van der Waals surface area contributed by atoms with Gasteiger partial charge in [0.15, 0.2) is 0 Å². The lowest BCUT2D eigenvalue weighted by molar-refractivity contribution is 0.0956. The molecule has 0 fully saturated rings. The zero-order valence-electron chi connectivity index (χ0n) is 13.3. The fourth-order valence-electron chi connectivity index (χ4n) is 2.45. The van der Waals surface area contributed by atoms with Gasteiger partial charge in [0.2, 0.25) is 0 Å². The summed E-state index contributed by atoms with van der Waals surface area (Å²) in [5.41, 5.74) is 0.988. The number of hydrogen-bond donors (Lipinski definition) is 1. The molecule has 0 saturated heterocycles. The van der Waals surface area contributed by atoms with Gasteiger partial charge in [-0.25, -0.2) is 0 Å². The van der Waals surface area contributed by atoms with E-state index >= 15 is 0 Å². The number of nitrogens with one attached hydrogen (secondary N) is 1. The molecule has 7 heteroatoms. The van der Waals surface area contributed by atoms with E-state index in [0.717, 1.165) is 32.1 Å². The van der Waals surface area contributed by atoms with E-state index in [9.17, 15) is 4.79 Å². The highest BCUT2D eigenvalue weighted by atomic mass is 32.1. The lowest BCUT2D eigenvalue weighted by Gasteiger charge is -2.06. The normalized spacial score (nSPS) is 10.9. The van der Waals surface area contributed by atoms with Crippen LogP contribution in [-0.4, -0.2) is 34.3 Å². The van der Waals surface area contributed by atoms with E-state index in [1.807, 2.05) is 36.6 Å². The molecule has 6 nitrogen and oxygen atoms in total. The predicted molar refractivity (Wildman–Crippen MR) is 90.2 cm³/mol. The molecule has 3 aromatic rings. The van der Waals surface area contributed by atoms with Gasteiger partial charge in [-0.05, 0) is 43.0 Å². The third kappa shape index (κ3) is 3.05. The first-order valence-corrected chi connectivity index (χ1v) is 8.11. The van der Waals surface area contributed by atoms with Gasteiger partial charge in [0, 0.05) is 17.8 Å². The second-order valence-corrected chi connectivity index (χ2v) is 6.30. The van der Waals surface area contributed by atoms with Crippen LogP contribution in [-0.2, 0) is 6.54 Å². The lowest BCUT2D eigenvalue weighted by atomic mass is 10.1. The largest absolute Gasteiger partial charge is 0.497 e. The number of carbonyl (C=O) groups excluding carboxylic acids is 1. The van der Waals surface area contributed by atoms with Crippen LogP contribution in [0, 0.1) is 13.8 Å². The second-order valence-electron chi connectivity index (χ2n) is 5.25. The standard InChI is InChI=1S/C16H18N4O2S/c1-10-13-8-12(22-3)4-5-14(13)23-15(10)16(21)17-6-7-20-9-18-19-11(20)2/h4-5,8-9H,6-7H2,1-3H3,(H,17,21). The zero-order valence-corrected chi connectivity index (χ0v) is 14.1. The smallest absolute Gasteiger partial charge is 0.261 e. The fraction of sp³-hybridized carbons (Fsp3) is 0.312. The van der Waals surface area contributed by atoms with Crippen molar-refractivity contribution in [2.45, 2.75) is 20.4 Å². The molecule has 2 heterocycles. The molecule has 0 aliphatic rings. The Labute approximate surface area is 138 Å². The summed E-state index contributed by atoms with van der Waals surface area (Å²) >= 11 is 1.50. The molecule has 0 atom stereocenters. The van der Waals surface area contributed by atoms with Gasteiger partial charge in [-0.1, -0.05) is 0 Å². The molecule has 0 radical (unpaired) electrons. The molecule has 0 aliphatic heterocycles. The van der Waals surface area contributed by atoms with Gasteiger partial charge < -0.3 is 14.6 Å². The summed E-state index contributed by atoms with van der Waals surface area (Å²) in [6, 6.07) is 5.87. The van der Waals surface area contributed by atoms with E-state index in [4.69, 9.17) is 4.74 Å². The number of thiophene rings is 1. The first-order chi connectivity index (χ1) is 11.1. The van der Waals surface area contributed by atoms with Crippen molar-refractivity contribution in [1.82, 2.24) is 20.1 Å². The van der Waals surface area contributed by atoms with Crippen LogP contribution in [0.25, 0.3) is 10.1 Å². The third-order valence-electron chi connectivity index (χ3n) is 3.80. The highest BCUT2D eigenvalue weighted by Crippen LogP contribution is 2.33. The average molecular weight is 330 g/mol. The van der Waals surface area contributed by atoms with Gasteiger partial charge in [-0.15, -0.1) is 21.5 Å². The molecule has 0 bridgehead atoms. The summed E-state index contributed by atoms with van der Waals surface area (Å²) in [7, 11) is 1.64. The summed E-state index contributed by atoms with van der Waals surface area (Å²) in [5.74, 6) is 1.59. The van der Waals surface area contributed by atoms with Crippen molar-refractivity contribution in [3.05, 3.63) is 40.8 Å². The van der Waals surface area contributed by atoms with Crippen LogP contribution in [0.3, 0.4) is 0 Å². The maximum atomic E-state index is 12.4. The Morgan fingerprint density at radius 3 is 2.91 bits per heavy atom. The van der Waals surface area contributed by atoms with Crippen LogP contribution in [0.2, 0.25) is 0 Å². The SMILES string of the molecule is COc1ccc2sc(C(=O)NCCn3cnnc3C)c(C)c2c1. The van der Waals surface area contributed by atoms with Gasteiger partial charge in [0.25, 0.3) is 5.91 Å². The third-order valence-corrected chi connectivity index (χ3v) is 5.07. The Balaban J connectivity index is 1.73. The molecule has 1 N–H and O–H groups in total. The van der Waals surface area contributed by atoms with Crippen LogP contribution >= 0.6 is 11.3 Å². The molecule has 0 spiro atoms. The molecular weight excluding hydrogens is 312 g/mol. The minimum atomic E-state index is -0.0478. The van der Waals surface area contributed by atoms with E-state index < -0.39 is 0 Å². The van der Waals surface area contributed by atoms with Gasteiger partial charge >= 0.3 is 0 Å². The molecule has 0 unspecified atom stereocenters. The molecule has 120 valence electrons. The maximum Gasteiger partial charge on any atom is 0.261 e. The van der Waals surface area contributed by atoms with Crippen LogP contribution in [0.5, 0.6) is 5.75 Å². The Bertz CT molecular complexity index is 853. The molecule has 0 saturated carbocycles. The first-order valence-electron chi connectivity index (χ1n) is 7.30. The number of nitrogens with zero attached hydrogens (tertiary/aromatic N) is 3. The first kappa shape index (κ1) is 15.5. The highest BCUT2D eigenvalue weighted by Gasteiger charge is 2.15. The zero-order chi connectivity index (χ0) is 16.4. The average Bonchev–Trinajstić information content (AvgIpc) is 3.11. The van der Waals surface area contributed by atoms with Gasteiger partial charge in [-0.2, -0.15) is 0 Å². The molecule has 23 heavy (non-hydrogen) atoms. The Kier molecular flexibility index (Phi) is 4.29. The quantitative estimate of drug-likeness (QED) is 0.780. The summed E-state index contributed by atoms with van der Waals surface area (Å²) < 4.78 is 8.25. The van der Waals surface area contributed by atoms with Crippen LogP contribution in [0.4, 0.5) is 0 Å². The maximum absolute atomic E-state index is 12.4. The molecule has 1 aromatic carbocycles. The number of rotatable bonds is 5. The number of aromatic nitrogens is 3. The van der Waals surface area contributed by atoms with Crippen molar-refractivity contribution in [3.8, 4) is 5.75 Å². The van der Waals surface area contributed by atoms with Crippen molar-refractivity contribution in [1.29, 1.82) is 0 Å². The number of hydrogen-bond acceptors (Lipinski definition) is 5. The van der Waals surface area contributed by atoms with E-state index in [1.54, 1.807) is 13.4 Å². The molecular formula is C16H18N4O2S. The van der Waals surface area contributed by atoms with Crippen LogP contribution in [0.1, 0.15) is 21.1 Å². The van der Waals surface area contributed by atoms with Gasteiger partial charge in [0.1, 0.15) is 17.9 Å². The van der Waals surface area contributed by atoms with E-state index in [0.29, 0.717) is 13.1 Å². The molecule has 3 rings (SSSR count). The number of carbonyl (C=O) groups is 1. The van der Waals surface area contributed by atoms with Crippen molar-refractivity contribution in [3.63, 3.8) is 0 Å². The molecule has 1 amide bonds. The van der Waals surface area contributed by atoms with E-state index in [1.165, 1.54) is 11.3 Å². The topological polar surface area (TPSA) is 69.0 Å². The van der Waals surface area contributed by atoms with Crippen molar-refractivity contribution in [2.24, 2.45) is 0 Å². The minimum Gasteiger partial charge on any atom is -0.497 e. The Hall–Kier alpha value is -2.41. The number of ether oxygens (including phenoxy) is 1. The van der Waals surface area contributed by atoms with Gasteiger partial charge in [-0.3, -0.25) is 4.79 Å². The number of aryl methyl sites for hydroxylation is 2. The fourth-order valence-corrected chi connectivity index (χ4v) is 3.55. The molecule has 0 aliphatic carbocycles. The van der Waals surface area contributed by atoms with Crippen molar-refractivity contribution < 1.29 is 9.53 Å².